The van der Waals surface area contributed by atoms with Crippen molar-refractivity contribution in [3.05, 3.63) is 4.91 Å². The Bertz CT molecular complexity index is 181. The molecular formula is C3F7NO2. The van der Waals surface area contributed by atoms with E-state index in [-0.39, 0.29) is 0 Å². The van der Waals surface area contributed by atoms with Gasteiger partial charge in [0.1, 0.15) is 0 Å². The van der Waals surface area contributed by atoms with Crippen molar-refractivity contribution >= 4 is 0 Å². The Morgan fingerprint density at radius 3 is 1.23 bits per heavy atom. The first-order valence-corrected chi connectivity index (χ1v) is 2.39. The van der Waals surface area contributed by atoms with Gasteiger partial charge in [0.15, 0.2) is 5.34 Å². The van der Waals surface area contributed by atoms with Crippen LogP contribution in [-0.4, -0.2) is 18.2 Å². The lowest BCUT2D eigenvalue weighted by Gasteiger charge is -2.25. The second-order valence-corrected chi connectivity index (χ2v) is 1.76. The average molecular weight is 215 g/mol. The number of hydrogen-bond donors (Lipinski definition) is 0. The van der Waals surface area contributed by atoms with Gasteiger partial charge in [0.2, 0.25) is 0 Å². The van der Waals surface area contributed by atoms with Crippen LogP contribution in [0.25, 0.3) is 0 Å². The van der Waals surface area contributed by atoms with Gasteiger partial charge in [-0.05, 0) is 0 Å². The van der Waals surface area contributed by atoms with E-state index < -0.39 is 18.2 Å². The van der Waals surface area contributed by atoms with Crippen LogP contribution in [0.1, 0.15) is 0 Å². The molecule has 0 aliphatic heterocycles. The van der Waals surface area contributed by atoms with Crippen molar-refractivity contribution in [2.24, 2.45) is 5.34 Å². The van der Waals surface area contributed by atoms with E-state index in [0.717, 1.165) is 5.34 Å². The quantitative estimate of drug-likeness (QED) is 0.403. The van der Waals surface area contributed by atoms with Crippen LogP contribution in [0.4, 0.5) is 30.7 Å². The summed E-state index contributed by atoms with van der Waals surface area (Å²) in [4.78, 5) is 11.1. The summed E-state index contributed by atoms with van der Waals surface area (Å²) in [6.45, 7) is 0. The molecule has 13 heavy (non-hydrogen) atoms. The van der Waals surface area contributed by atoms with Crippen LogP contribution in [0.2, 0.25) is 0 Å². The van der Waals surface area contributed by atoms with E-state index in [1.807, 2.05) is 0 Å². The summed E-state index contributed by atoms with van der Waals surface area (Å²) in [5.74, 6) is -6.05. The Morgan fingerprint density at radius 1 is 0.846 bits per heavy atom. The molecule has 0 aliphatic carbocycles. The normalized spacial score (nSPS) is 14.1. The van der Waals surface area contributed by atoms with Crippen LogP contribution in [-0.2, 0) is 4.84 Å². The van der Waals surface area contributed by atoms with Gasteiger partial charge in [0.05, 0.1) is 0 Å². The van der Waals surface area contributed by atoms with Gasteiger partial charge >= 0.3 is 18.2 Å². The van der Waals surface area contributed by atoms with Crippen LogP contribution in [0.15, 0.2) is 5.34 Å². The summed E-state index contributed by atoms with van der Waals surface area (Å²) < 4.78 is 80.3. The highest BCUT2D eigenvalue weighted by Gasteiger charge is 2.77. The smallest absolute Gasteiger partial charge is 0.302 e. The van der Waals surface area contributed by atoms with Gasteiger partial charge in [0, 0.05) is 0 Å². The van der Waals surface area contributed by atoms with E-state index in [0.29, 0.717) is 0 Å². The highest BCUT2D eigenvalue weighted by molar-refractivity contribution is 4.84. The van der Waals surface area contributed by atoms with Crippen LogP contribution in [0, 0.1) is 4.91 Å². The summed E-state index contributed by atoms with van der Waals surface area (Å²) in [7, 11) is 0. The second-order valence-electron chi connectivity index (χ2n) is 1.76. The SMILES string of the molecule is O=NOC(F)(C(F)(F)F)C(F)(F)F. The lowest BCUT2D eigenvalue weighted by Crippen LogP contribution is -2.54. The molecule has 0 aliphatic rings. The maximum absolute atomic E-state index is 12.0. The molecule has 10 heteroatoms. The molecule has 0 saturated heterocycles. The standard InChI is InChI=1S/C3F7NO2/c4-1(13-11-12,2(5,6)7)3(8,9)10. The van der Waals surface area contributed by atoms with E-state index in [4.69, 9.17) is 4.91 Å². The maximum atomic E-state index is 12.0. The lowest BCUT2D eigenvalue weighted by molar-refractivity contribution is -0.431. The van der Waals surface area contributed by atoms with Gasteiger partial charge in [-0.3, -0.25) is 0 Å². The largest absolute Gasteiger partial charge is 0.472 e. The molecule has 0 unspecified atom stereocenters. The van der Waals surface area contributed by atoms with Crippen molar-refractivity contribution in [2.45, 2.75) is 18.2 Å². The topological polar surface area (TPSA) is 38.7 Å². The molecule has 3 nitrogen and oxygen atoms in total. The third kappa shape index (κ3) is 1.98. The minimum Gasteiger partial charge on any atom is -0.302 e. The fourth-order valence-corrected chi connectivity index (χ4v) is 0.316. The van der Waals surface area contributed by atoms with E-state index in [9.17, 15) is 30.7 Å². The van der Waals surface area contributed by atoms with E-state index >= 15 is 0 Å². The molecule has 0 aromatic carbocycles. The van der Waals surface area contributed by atoms with Gasteiger partial charge in [-0.25, -0.2) is 0 Å². The zero-order valence-electron chi connectivity index (χ0n) is 5.41. The highest BCUT2D eigenvalue weighted by atomic mass is 19.4. The van der Waals surface area contributed by atoms with Crippen molar-refractivity contribution < 1.29 is 35.6 Å². The molecule has 0 bridgehead atoms. The third-order valence-corrected chi connectivity index (χ3v) is 0.892. The number of hydrogen-bond acceptors (Lipinski definition) is 3. The Kier molecular flexibility index (Phi) is 2.75. The number of alkyl halides is 7. The van der Waals surface area contributed by atoms with Crippen LogP contribution in [0.5, 0.6) is 0 Å². The predicted molar refractivity (Wildman–Crippen MR) is 22.8 cm³/mol. The Hall–Kier alpha value is -1.09. The van der Waals surface area contributed by atoms with Crippen LogP contribution >= 0.6 is 0 Å². The molecule has 78 valence electrons. The fraction of sp³-hybridized carbons (Fsp3) is 1.00. The van der Waals surface area contributed by atoms with Crippen molar-refractivity contribution in [1.82, 2.24) is 0 Å². The van der Waals surface area contributed by atoms with Crippen LogP contribution in [0.3, 0.4) is 0 Å². The predicted octanol–water partition coefficient (Wildman–Crippen LogP) is 2.47. The minimum absolute atomic E-state index is 0.776. The van der Waals surface area contributed by atoms with Gasteiger partial charge < -0.3 is 4.84 Å². The van der Waals surface area contributed by atoms with Gasteiger partial charge in [-0.15, -0.1) is 4.91 Å². The van der Waals surface area contributed by atoms with E-state index in [1.165, 1.54) is 0 Å². The first-order chi connectivity index (χ1) is 5.56. The lowest BCUT2D eigenvalue weighted by atomic mass is 10.3. The van der Waals surface area contributed by atoms with Gasteiger partial charge in [-0.1, -0.05) is 0 Å². The van der Waals surface area contributed by atoms with Crippen molar-refractivity contribution in [3.63, 3.8) is 0 Å². The maximum Gasteiger partial charge on any atom is 0.472 e. The number of halogens is 7. The highest BCUT2D eigenvalue weighted by Crippen LogP contribution is 2.46. The molecule has 0 N–H and O–H groups in total. The first kappa shape index (κ1) is 11.9. The molecule has 0 spiro atoms. The molecule has 0 saturated carbocycles. The summed E-state index contributed by atoms with van der Waals surface area (Å²) >= 11 is 0. The Labute approximate surface area is 65.4 Å². The number of nitrogens with zero attached hydrogens (tertiary/aromatic N) is 1. The molecular weight excluding hydrogens is 215 g/mol. The molecule has 0 fully saturated rings. The van der Waals surface area contributed by atoms with Gasteiger partial charge in [-0.2, -0.15) is 30.7 Å². The van der Waals surface area contributed by atoms with E-state index in [2.05, 4.69) is 4.84 Å². The van der Waals surface area contributed by atoms with Crippen molar-refractivity contribution in [1.29, 1.82) is 0 Å². The van der Waals surface area contributed by atoms with Crippen LogP contribution < -0.4 is 0 Å². The molecule has 0 rings (SSSR count). The van der Waals surface area contributed by atoms with Gasteiger partial charge in [0.25, 0.3) is 0 Å². The average Bonchev–Trinajstić information content (AvgIpc) is 1.82. The molecule has 0 aromatic heterocycles. The molecule has 0 atom stereocenters. The summed E-state index contributed by atoms with van der Waals surface area (Å²) in [5, 5.41) is 0.776. The monoisotopic (exact) mass is 215 g/mol. The number of rotatable bonds is 2. The zero-order valence-corrected chi connectivity index (χ0v) is 5.41. The summed E-state index contributed by atoms with van der Waals surface area (Å²) in [6.07, 6.45) is -12.8. The fourth-order valence-electron chi connectivity index (χ4n) is 0.316. The Balaban J connectivity index is 5.07. The molecule has 0 amide bonds. The van der Waals surface area contributed by atoms with Crippen molar-refractivity contribution in [3.8, 4) is 0 Å². The second kappa shape index (κ2) is 3.00. The Morgan fingerprint density at radius 2 is 1.15 bits per heavy atom. The molecule has 0 radical (unpaired) electrons. The molecule has 0 aromatic rings. The minimum atomic E-state index is -6.42. The summed E-state index contributed by atoms with van der Waals surface area (Å²) in [5.41, 5.74) is 0. The third-order valence-electron chi connectivity index (χ3n) is 0.892. The first-order valence-electron chi connectivity index (χ1n) is 2.39. The zero-order chi connectivity index (χ0) is 10.9. The molecule has 0 heterocycles. The van der Waals surface area contributed by atoms with E-state index in [1.54, 1.807) is 0 Å². The van der Waals surface area contributed by atoms with Crippen molar-refractivity contribution in [2.75, 3.05) is 0 Å². The summed E-state index contributed by atoms with van der Waals surface area (Å²) in [6, 6.07) is 0.